The van der Waals surface area contributed by atoms with Crippen molar-refractivity contribution >= 4 is 5.69 Å². The van der Waals surface area contributed by atoms with Gasteiger partial charge in [-0.1, -0.05) is 6.07 Å². The van der Waals surface area contributed by atoms with Gasteiger partial charge in [0.05, 0.1) is 4.92 Å². The van der Waals surface area contributed by atoms with Gasteiger partial charge >= 0.3 is 5.69 Å². The summed E-state index contributed by atoms with van der Waals surface area (Å²) in [5, 5.41) is 10.6. The molecule has 1 saturated heterocycles. The zero-order valence-corrected chi connectivity index (χ0v) is 11.9. The SMILES string of the molecule is CC1CN(C)CCCN1Cc1ccc([N+](=O)[O-])c(F)c1. The third-order valence-corrected chi connectivity index (χ3v) is 3.78. The Morgan fingerprint density at radius 2 is 2.20 bits per heavy atom. The Bertz CT molecular complexity index is 495. The second-order valence-electron chi connectivity index (χ2n) is 5.48. The number of nitrogens with zero attached hydrogens (tertiary/aromatic N) is 3. The first kappa shape index (κ1) is 14.9. The van der Waals surface area contributed by atoms with Crippen molar-refractivity contribution in [2.24, 2.45) is 0 Å². The zero-order chi connectivity index (χ0) is 14.7. The summed E-state index contributed by atoms with van der Waals surface area (Å²) in [6, 6.07) is 4.56. The van der Waals surface area contributed by atoms with Crippen molar-refractivity contribution in [3.05, 3.63) is 39.7 Å². The van der Waals surface area contributed by atoms with Crippen LogP contribution in [0.1, 0.15) is 18.9 Å². The molecular weight excluding hydrogens is 261 g/mol. The number of likely N-dealkylation sites (N-methyl/N-ethyl adjacent to an activating group) is 1. The zero-order valence-electron chi connectivity index (χ0n) is 11.9. The van der Waals surface area contributed by atoms with Crippen LogP contribution in [0.15, 0.2) is 18.2 Å². The van der Waals surface area contributed by atoms with E-state index in [-0.39, 0.29) is 0 Å². The lowest BCUT2D eigenvalue weighted by atomic mass is 10.1. The minimum Gasteiger partial charge on any atom is -0.305 e. The molecule has 1 fully saturated rings. The Morgan fingerprint density at radius 1 is 1.45 bits per heavy atom. The minimum absolute atomic E-state index is 0.390. The summed E-state index contributed by atoms with van der Waals surface area (Å²) in [5.74, 6) is -0.757. The lowest BCUT2D eigenvalue weighted by molar-refractivity contribution is -0.387. The molecule has 0 aliphatic carbocycles. The topological polar surface area (TPSA) is 49.6 Å². The first-order valence-electron chi connectivity index (χ1n) is 6.83. The molecule has 0 saturated carbocycles. The molecule has 5 nitrogen and oxygen atoms in total. The van der Waals surface area contributed by atoms with Crippen LogP contribution in [-0.4, -0.2) is 47.4 Å². The molecule has 6 heteroatoms. The third-order valence-electron chi connectivity index (χ3n) is 3.78. The molecule has 1 atom stereocenters. The fourth-order valence-electron chi connectivity index (χ4n) is 2.69. The molecule has 1 heterocycles. The largest absolute Gasteiger partial charge is 0.305 e. The first-order valence-corrected chi connectivity index (χ1v) is 6.83. The predicted octanol–water partition coefficient (Wildman–Crippen LogP) is 2.26. The summed E-state index contributed by atoms with van der Waals surface area (Å²) >= 11 is 0. The normalized spacial score (nSPS) is 21.6. The summed E-state index contributed by atoms with van der Waals surface area (Å²) in [7, 11) is 2.10. The Kier molecular flexibility index (Phi) is 4.67. The van der Waals surface area contributed by atoms with Crippen LogP contribution in [0.5, 0.6) is 0 Å². The second-order valence-corrected chi connectivity index (χ2v) is 5.48. The summed E-state index contributed by atoms with van der Waals surface area (Å²) in [6.45, 7) is 5.79. The maximum atomic E-state index is 13.6. The second kappa shape index (κ2) is 6.28. The first-order chi connectivity index (χ1) is 9.47. The summed E-state index contributed by atoms with van der Waals surface area (Å²) in [4.78, 5) is 14.5. The average molecular weight is 281 g/mol. The van der Waals surface area contributed by atoms with E-state index in [0.717, 1.165) is 31.6 Å². The summed E-state index contributed by atoms with van der Waals surface area (Å²) in [5.41, 5.74) is 0.321. The molecule has 1 aliphatic heterocycles. The monoisotopic (exact) mass is 281 g/mol. The standard InChI is InChI=1S/C14H20FN3O2/c1-11-9-16(2)6-3-7-17(11)10-12-4-5-14(18(19)20)13(15)8-12/h4-5,8,11H,3,6-7,9-10H2,1-2H3. The number of halogens is 1. The van der Waals surface area contributed by atoms with Crippen LogP contribution in [0.3, 0.4) is 0 Å². The molecule has 0 bridgehead atoms. The third kappa shape index (κ3) is 3.52. The number of rotatable bonds is 3. The highest BCUT2D eigenvalue weighted by atomic mass is 19.1. The van der Waals surface area contributed by atoms with Gasteiger partial charge in [0.1, 0.15) is 0 Å². The van der Waals surface area contributed by atoms with Crippen molar-refractivity contribution in [2.45, 2.75) is 25.9 Å². The Labute approximate surface area is 118 Å². The van der Waals surface area contributed by atoms with E-state index in [9.17, 15) is 14.5 Å². The maximum absolute atomic E-state index is 13.6. The number of nitro benzene ring substituents is 1. The van der Waals surface area contributed by atoms with Crippen molar-refractivity contribution in [2.75, 3.05) is 26.7 Å². The van der Waals surface area contributed by atoms with Crippen LogP contribution in [-0.2, 0) is 6.54 Å². The Morgan fingerprint density at radius 3 is 2.85 bits per heavy atom. The molecular formula is C14H20FN3O2. The van der Waals surface area contributed by atoms with Crippen LogP contribution in [0.25, 0.3) is 0 Å². The average Bonchev–Trinajstić information content (AvgIpc) is 2.51. The van der Waals surface area contributed by atoms with Gasteiger partial charge in [-0.2, -0.15) is 4.39 Å². The van der Waals surface area contributed by atoms with Crippen molar-refractivity contribution in [3.63, 3.8) is 0 Å². The van der Waals surface area contributed by atoms with Gasteiger partial charge in [-0.15, -0.1) is 0 Å². The number of hydrogen-bond donors (Lipinski definition) is 0. The molecule has 0 amide bonds. The lowest BCUT2D eigenvalue weighted by Gasteiger charge is -2.27. The molecule has 2 rings (SSSR count). The fraction of sp³-hybridized carbons (Fsp3) is 0.571. The van der Waals surface area contributed by atoms with Gasteiger partial charge in [-0.25, -0.2) is 0 Å². The molecule has 1 aromatic carbocycles. The van der Waals surface area contributed by atoms with Crippen LogP contribution in [0.2, 0.25) is 0 Å². The fourth-order valence-corrected chi connectivity index (χ4v) is 2.69. The van der Waals surface area contributed by atoms with Crippen LogP contribution in [0.4, 0.5) is 10.1 Å². The smallest absolute Gasteiger partial charge is 0.304 e. The number of hydrogen-bond acceptors (Lipinski definition) is 4. The molecule has 0 radical (unpaired) electrons. The van der Waals surface area contributed by atoms with E-state index in [2.05, 4.69) is 23.8 Å². The van der Waals surface area contributed by atoms with E-state index in [1.807, 2.05) is 0 Å². The Balaban J connectivity index is 2.09. The van der Waals surface area contributed by atoms with E-state index >= 15 is 0 Å². The van der Waals surface area contributed by atoms with Gasteiger partial charge in [0.15, 0.2) is 0 Å². The van der Waals surface area contributed by atoms with E-state index in [1.165, 1.54) is 12.1 Å². The number of benzene rings is 1. The van der Waals surface area contributed by atoms with E-state index in [1.54, 1.807) is 6.07 Å². The quantitative estimate of drug-likeness (QED) is 0.630. The minimum atomic E-state index is -0.757. The van der Waals surface area contributed by atoms with Crippen molar-refractivity contribution < 1.29 is 9.31 Å². The van der Waals surface area contributed by atoms with Crippen molar-refractivity contribution in [1.29, 1.82) is 0 Å². The molecule has 110 valence electrons. The van der Waals surface area contributed by atoms with Crippen molar-refractivity contribution in [1.82, 2.24) is 9.80 Å². The number of nitro groups is 1. The molecule has 20 heavy (non-hydrogen) atoms. The van der Waals surface area contributed by atoms with Gasteiger partial charge in [0.2, 0.25) is 5.82 Å². The van der Waals surface area contributed by atoms with Crippen LogP contribution >= 0.6 is 0 Å². The molecule has 0 spiro atoms. The Hall–Kier alpha value is -1.53. The van der Waals surface area contributed by atoms with Gasteiger partial charge < -0.3 is 4.90 Å². The van der Waals surface area contributed by atoms with Gasteiger partial charge in [0.25, 0.3) is 0 Å². The molecule has 1 aliphatic rings. The van der Waals surface area contributed by atoms with Crippen LogP contribution in [0, 0.1) is 15.9 Å². The highest BCUT2D eigenvalue weighted by molar-refractivity contribution is 5.35. The van der Waals surface area contributed by atoms with E-state index in [4.69, 9.17) is 0 Å². The van der Waals surface area contributed by atoms with Gasteiger partial charge in [0, 0.05) is 31.7 Å². The predicted molar refractivity (Wildman–Crippen MR) is 75.0 cm³/mol. The molecule has 1 aromatic rings. The van der Waals surface area contributed by atoms with E-state index < -0.39 is 16.4 Å². The molecule has 0 N–H and O–H groups in total. The highest BCUT2D eigenvalue weighted by Gasteiger charge is 2.21. The van der Waals surface area contributed by atoms with E-state index in [0.29, 0.717) is 12.6 Å². The maximum Gasteiger partial charge on any atom is 0.304 e. The van der Waals surface area contributed by atoms with Gasteiger partial charge in [-0.3, -0.25) is 15.0 Å². The van der Waals surface area contributed by atoms with Crippen LogP contribution < -0.4 is 0 Å². The molecule has 0 aromatic heterocycles. The summed E-state index contributed by atoms with van der Waals surface area (Å²) < 4.78 is 13.6. The summed E-state index contributed by atoms with van der Waals surface area (Å²) in [6.07, 6.45) is 1.08. The van der Waals surface area contributed by atoms with Gasteiger partial charge in [-0.05, 0) is 38.6 Å². The lowest BCUT2D eigenvalue weighted by Crippen LogP contribution is -2.37. The van der Waals surface area contributed by atoms with Crippen molar-refractivity contribution in [3.8, 4) is 0 Å². The highest BCUT2D eigenvalue weighted by Crippen LogP contribution is 2.20. The molecule has 1 unspecified atom stereocenters.